The van der Waals surface area contributed by atoms with Crippen molar-refractivity contribution >= 4 is 15.9 Å². The Bertz CT molecular complexity index is 336. The first-order valence-electron chi connectivity index (χ1n) is 5.85. The van der Waals surface area contributed by atoms with Crippen LogP contribution in [0.25, 0.3) is 0 Å². The number of benzene rings is 1. The van der Waals surface area contributed by atoms with Crippen LogP contribution in [-0.2, 0) is 6.42 Å². The maximum atomic E-state index is 14.1. The van der Waals surface area contributed by atoms with E-state index in [0.29, 0.717) is 6.42 Å². The summed E-state index contributed by atoms with van der Waals surface area (Å²) in [5, 5.41) is 3.27. The molecule has 0 aromatic heterocycles. The number of piperidine rings is 1. The third-order valence-corrected chi connectivity index (χ3v) is 4.04. The van der Waals surface area contributed by atoms with Gasteiger partial charge in [-0.25, -0.2) is 4.39 Å². The van der Waals surface area contributed by atoms with Gasteiger partial charge in [0.2, 0.25) is 0 Å². The van der Waals surface area contributed by atoms with Gasteiger partial charge in [-0.15, -0.1) is 0 Å². The second kappa shape index (κ2) is 5.78. The Hall–Kier alpha value is -0.410. The number of nitrogens with one attached hydrogen (secondary N) is 1. The van der Waals surface area contributed by atoms with Crippen LogP contribution in [0.4, 0.5) is 4.39 Å². The van der Waals surface area contributed by atoms with E-state index in [0.717, 1.165) is 36.0 Å². The minimum atomic E-state index is -0.708. The molecule has 0 aliphatic carbocycles. The topological polar surface area (TPSA) is 12.0 Å². The van der Waals surface area contributed by atoms with Crippen LogP contribution in [0.3, 0.4) is 0 Å². The molecule has 2 rings (SSSR count). The molecule has 1 heterocycles. The van der Waals surface area contributed by atoms with Crippen molar-refractivity contribution in [2.24, 2.45) is 5.92 Å². The van der Waals surface area contributed by atoms with Gasteiger partial charge in [0, 0.05) is 10.9 Å². The predicted molar refractivity (Wildman–Crippen MR) is 68.3 cm³/mol. The summed E-state index contributed by atoms with van der Waals surface area (Å²) in [4.78, 5) is 0. The van der Waals surface area contributed by atoms with E-state index in [1.54, 1.807) is 0 Å². The van der Waals surface area contributed by atoms with Gasteiger partial charge in [-0.1, -0.05) is 34.1 Å². The lowest BCUT2D eigenvalue weighted by Crippen LogP contribution is -2.33. The van der Waals surface area contributed by atoms with Crippen LogP contribution in [0.1, 0.15) is 18.4 Å². The van der Waals surface area contributed by atoms with Crippen LogP contribution in [0.2, 0.25) is 0 Å². The lowest BCUT2D eigenvalue weighted by atomic mass is 9.90. The van der Waals surface area contributed by atoms with Crippen molar-refractivity contribution in [2.75, 3.05) is 13.1 Å². The number of rotatable bonds is 3. The van der Waals surface area contributed by atoms with Crippen molar-refractivity contribution in [3.8, 4) is 0 Å². The molecule has 0 radical (unpaired) electrons. The minimum Gasteiger partial charge on any atom is -0.317 e. The van der Waals surface area contributed by atoms with Crippen molar-refractivity contribution in [2.45, 2.75) is 25.4 Å². The third kappa shape index (κ3) is 3.05. The molecule has 1 nitrogen and oxygen atoms in total. The summed E-state index contributed by atoms with van der Waals surface area (Å²) < 4.78 is 15.1. The van der Waals surface area contributed by atoms with Gasteiger partial charge < -0.3 is 5.32 Å². The molecule has 16 heavy (non-hydrogen) atoms. The lowest BCUT2D eigenvalue weighted by Gasteiger charge is -2.26. The minimum absolute atomic E-state index is 0.230. The van der Waals surface area contributed by atoms with Crippen LogP contribution >= 0.6 is 15.9 Å². The first-order valence-corrected chi connectivity index (χ1v) is 6.65. The zero-order chi connectivity index (χ0) is 11.4. The van der Waals surface area contributed by atoms with Gasteiger partial charge in [0.25, 0.3) is 0 Å². The summed E-state index contributed by atoms with van der Waals surface area (Å²) in [6.45, 7) is 1.92. The van der Waals surface area contributed by atoms with E-state index < -0.39 is 6.17 Å². The summed E-state index contributed by atoms with van der Waals surface area (Å²) in [5.74, 6) is 0.230. The van der Waals surface area contributed by atoms with Gasteiger partial charge in [0.15, 0.2) is 0 Å². The second-order valence-corrected chi connectivity index (χ2v) is 5.25. The summed E-state index contributed by atoms with van der Waals surface area (Å²) in [5.41, 5.74) is 1.08. The van der Waals surface area contributed by atoms with Gasteiger partial charge in [0.05, 0.1) is 0 Å². The molecule has 1 saturated heterocycles. The molecular weight excluding hydrogens is 269 g/mol. The van der Waals surface area contributed by atoms with E-state index in [4.69, 9.17) is 0 Å². The molecule has 1 fully saturated rings. The van der Waals surface area contributed by atoms with E-state index in [2.05, 4.69) is 21.2 Å². The molecule has 88 valence electrons. The molecule has 1 aromatic carbocycles. The van der Waals surface area contributed by atoms with Crippen LogP contribution in [0.15, 0.2) is 28.7 Å². The number of hydrogen-bond donors (Lipinski definition) is 1. The van der Waals surface area contributed by atoms with Crippen LogP contribution in [0, 0.1) is 5.92 Å². The van der Waals surface area contributed by atoms with Crippen molar-refractivity contribution in [1.29, 1.82) is 0 Å². The highest BCUT2D eigenvalue weighted by Crippen LogP contribution is 2.25. The van der Waals surface area contributed by atoms with E-state index in [-0.39, 0.29) is 5.92 Å². The summed E-state index contributed by atoms with van der Waals surface area (Å²) >= 11 is 3.47. The SMILES string of the molecule is FC(Cc1ccccc1Br)C1CCNCC1. The smallest absolute Gasteiger partial charge is 0.107 e. The predicted octanol–water partition coefficient (Wildman–Crippen LogP) is 3.33. The Balaban J connectivity index is 1.96. The van der Waals surface area contributed by atoms with Crippen molar-refractivity contribution in [3.63, 3.8) is 0 Å². The quantitative estimate of drug-likeness (QED) is 0.898. The molecule has 0 spiro atoms. The fourth-order valence-corrected chi connectivity index (χ4v) is 2.69. The monoisotopic (exact) mass is 285 g/mol. The molecule has 1 atom stereocenters. The normalized spacial score (nSPS) is 19.6. The Morgan fingerprint density at radius 2 is 2.00 bits per heavy atom. The summed E-state index contributed by atoms with van der Waals surface area (Å²) in [6, 6.07) is 7.91. The number of alkyl halides is 1. The molecule has 0 bridgehead atoms. The molecule has 1 aromatic rings. The fourth-order valence-electron chi connectivity index (χ4n) is 2.25. The highest BCUT2D eigenvalue weighted by molar-refractivity contribution is 9.10. The zero-order valence-corrected chi connectivity index (χ0v) is 10.8. The molecule has 1 aliphatic heterocycles. The van der Waals surface area contributed by atoms with Crippen LogP contribution < -0.4 is 5.32 Å². The largest absolute Gasteiger partial charge is 0.317 e. The van der Waals surface area contributed by atoms with E-state index in [9.17, 15) is 4.39 Å². The average molecular weight is 286 g/mol. The average Bonchev–Trinajstić information content (AvgIpc) is 2.33. The molecule has 1 unspecified atom stereocenters. The van der Waals surface area contributed by atoms with E-state index in [1.165, 1.54) is 0 Å². The molecular formula is C13H17BrFN. The van der Waals surface area contributed by atoms with Crippen LogP contribution in [-0.4, -0.2) is 19.3 Å². The highest BCUT2D eigenvalue weighted by atomic mass is 79.9. The van der Waals surface area contributed by atoms with Gasteiger partial charge >= 0.3 is 0 Å². The maximum absolute atomic E-state index is 14.1. The summed E-state index contributed by atoms with van der Waals surface area (Å²) in [6.07, 6.45) is 1.75. The maximum Gasteiger partial charge on any atom is 0.107 e. The molecule has 1 N–H and O–H groups in total. The highest BCUT2D eigenvalue weighted by Gasteiger charge is 2.23. The zero-order valence-electron chi connectivity index (χ0n) is 9.26. The Labute approximate surface area is 105 Å². The van der Waals surface area contributed by atoms with Crippen molar-refractivity contribution in [1.82, 2.24) is 5.32 Å². The molecule has 3 heteroatoms. The van der Waals surface area contributed by atoms with Crippen molar-refractivity contribution < 1.29 is 4.39 Å². The fraction of sp³-hybridized carbons (Fsp3) is 0.538. The Morgan fingerprint density at radius 1 is 1.31 bits per heavy atom. The molecule has 1 aliphatic rings. The van der Waals surface area contributed by atoms with E-state index >= 15 is 0 Å². The lowest BCUT2D eigenvalue weighted by molar-refractivity contribution is 0.187. The van der Waals surface area contributed by atoms with Gasteiger partial charge in [-0.3, -0.25) is 0 Å². The van der Waals surface area contributed by atoms with Gasteiger partial charge in [-0.05, 0) is 43.5 Å². The number of halogens is 2. The Kier molecular flexibility index (Phi) is 4.36. The molecule has 0 saturated carbocycles. The summed E-state index contributed by atoms with van der Waals surface area (Å²) in [7, 11) is 0. The standard InChI is InChI=1S/C13H17BrFN/c14-12-4-2-1-3-11(12)9-13(15)10-5-7-16-8-6-10/h1-4,10,13,16H,5-9H2. The van der Waals surface area contributed by atoms with Gasteiger partial charge in [0.1, 0.15) is 6.17 Å². The number of hydrogen-bond acceptors (Lipinski definition) is 1. The Morgan fingerprint density at radius 3 is 2.69 bits per heavy atom. The third-order valence-electron chi connectivity index (χ3n) is 3.27. The second-order valence-electron chi connectivity index (χ2n) is 4.40. The first-order chi connectivity index (χ1) is 7.77. The first kappa shape index (κ1) is 12.1. The molecule has 0 amide bonds. The van der Waals surface area contributed by atoms with E-state index in [1.807, 2.05) is 24.3 Å². The van der Waals surface area contributed by atoms with Crippen LogP contribution in [0.5, 0.6) is 0 Å². The van der Waals surface area contributed by atoms with Crippen molar-refractivity contribution in [3.05, 3.63) is 34.3 Å². The van der Waals surface area contributed by atoms with Gasteiger partial charge in [-0.2, -0.15) is 0 Å².